The van der Waals surface area contributed by atoms with Crippen LogP contribution in [0.5, 0.6) is 0 Å². The van der Waals surface area contributed by atoms with Gasteiger partial charge in [0.2, 0.25) is 11.7 Å². The minimum absolute atomic E-state index is 0.398. The van der Waals surface area contributed by atoms with Crippen molar-refractivity contribution in [1.82, 2.24) is 25.4 Å². The van der Waals surface area contributed by atoms with Crippen LogP contribution in [0.2, 0.25) is 0 Å². The van der Waals surface area contributed by atoms with Gasteiger partial charge in [0.05, 0.1) is 11.3 Å². The van der Waals surface area contributed by atoms with Crippen LogP contribution in [0, 0.1) is 0 Å². The van der Waals surface area contributed by atoms with Crippen molar-refractivity contribution in [3.05, 3.63) is 24.1 Å². The van der Waals surface area contributed by atoms with E-state index in [0.29, 0.717) is 17.6 Å². The first-order chi connectivity index (χ1) is 9.38. The van der Waals surface area contributed by atoms with Crippen molar-refractivity contribution in [1.29, 1.82) is 0 Å². The van der Waals surface area contributed by atoms with Crippen LogP contribution in [0.3, 0.4) is 0 Å². The van der Waals surface area contributed by atoms with Crippen LogP contribution in [0.1, 0.15) is 37.3 Å². The molecule has 2 aromatic rings. The van der Waals surface area contributed by atoms with Crippen LogP contribution in [-0.2, 0) is 6.42 Å². The van der Waals surface area contributed by atoms with Gasteiger partial charge >= 0.3 is 0 Å². The lowest BCUT2D eigenvalue weighted by atomic mass is 9.93. The van der Waals surface area contributed by atoms with E-state index < -0.39 is 0 Å². The Morgan fingerprint density at radius 1 is 1.47 bits per heavy atom. The zero-order valence-electron chi connectivity index (χ0n) is 11.0. The Balaban J connectivity index is 1.96. The highest BCUT2D eigenvalue weighted by molar-refractivity contribution is 5.57. The first-order valence-corrected chi connectivity index (χ1v) is 6.72. The highest BCUT2D eigenvalue weighted by Gasteiger charge is 2.22. The summed E-state index contributed by atoms with van der Waals surface area (Å²) in [5, 5.41) is 7.43. The Morgan fingerprint density at radius 2 is 2.42 bits per heavy atom. The third kappa shape index (κ3) is 2.49. The van der Waals surface area contributed by atoms with Crippen molar-refractivity contribution < 1.29 is 4.52 Å². The van der Waals surface area contributed by atoms with Crippen LogP contribution in [0.25, 0.3) is 11.4 Å². The molecule has 1 aliphatic rings. The SMILES string of the molecule is CCc1nc(-c2cncnc2C2CCCNC2)no1. The number of hydrogen-bond donors (Lipinski definition) is 1. The fourth-order valence-corrected chi connectivity index (χ4v) is 2.43. The summed E-state index contributed by atoms with van der Waals surface area (Å²) in [6, 6.07) is 0. The Bertz CT molecular complexity index is 547. The fraction of sp³-hybridized carbons (Fsp3) is 0.538. The van der Waals surface area contributed by atoms with Gasteiger partial charge in [-0.25, -0.2) is 9.97 Å². The van der Waals surface area contributed by atoms with Crippen molar-refractivity contribution in [3.63, 3.8) is 0 Å². The molecule has 0 radical (unpaired) electrons. The Kier molecular flexibility index (Phi) is 3.50. The maximum absolute atomic E-state index is 5.18. The first kappa shape index (κ1) is 12.2. The summed E-state index contributed by atoms with van der Waals surface area (Å²) in [7, 11) is 0. The largest absolute Gasteiger partial charge is 0.339 e. The maximum atomic E-state index is 5.18. The molecule has 6 nitrogen and oxygen atoms in total. The Labute approximate surface area is 111 Å². The molecule has 1 atom stereocenters. The van der Waals surface area contributed by atoms with Gasteiger partial charge in [0.1, 0.15) is 6.33 Å². The van der Waals surface area contributed by atoms with Gasteiger partial charge in [-0.2, -0.15) is 4.98 Å². The number of nitrogens with zero attached hydrogens (tertiary/aromatic N) is 4. The minimum Gasteiger partial charge on any atom is -0.339 e. The topological polar surface area (TPSA) is 76.7 Å². The zero-order chi connectivity index (χ0) is 13.1. The number of hydrogen-bond acceptors (Lipinski definition) is 6. The summed E-state index contributed by atoms with van der Waals surface area (Å²) >= 11 is 0. The highest BCUT2D eigenvalue weighted by atomic mass is 16.5. The third-order valence-electron chi connectivity index (χ3n) is 3.44. The molecule has 0 aliphatic carbocycles. The van der Waals surface area contributed by atoms with E-state index in [1.807, 2.05) is 6.92 Å². The smallest absolute Gasteiger partial charge is 0.226 e. The molecule has 1 saturated heterocycles. The van der Waals surface area contributed by atoms with E-state index in [2.05, 4.69) is 25.4 Å². The first-order valence-electron chi connectivity index (χ1n) is 6.72. The van der Waals surface area contributed by atoms with Gasteiger partial charge in [-0.1, -0.05) is 12.1 Å². The molecule has 100 valence electrons. The number of nitrogens with one attached hydrogen (secondary N) is 1. The molecular weight excluding hydrogens is 242 g/mol. The molecule has 3 heterocycles. The Hall–Kier alpha value is -1.82. The summed E-state index contributed by atoms with van der Waals surface area (Å²) in [6.45, 7) is 4.02. The molecule has 0 spiro atoms. The van der Waals surface area contributed by atoms with Crippen LogP contribution < -0.4 is 5.32 Å². The van der Waals surface area contributed by atoms with Gasteiger partial charge in [-0.05, 0) is 19.4 Å². The average Bonchev–Trinajstić information content (AvgIpc) is 2.97. The predicted octanol–water partition coefficient (Wildman–Crippen LogP) is 1.56. The van der Waals surface area contributed by atoms with Gasteiger partial charge in [0.25, 0.3) is 0 Å². The monoisotopic (exact) mass is 259 g/mol. The van der Waals surface area contributed by atoms with E-state index in [1.54, 1.807) is 12.5 Å². The van der Waals surface area contributed by atoms with Crippen molar-refractivity contribution >= 4 is 0 Å². The van der Waals surface area contributed by atoms with Gasteiger partial charge in [0, 0.05) is 25.1 Å². The molecule has 0 aromatic carbocycles. The summed E-state index contributed by atoms with van der Waals surface area (Å²) in [5.74, 6) is 1.64. The second kappa shape index (κ2) is 5.44. The second-order valence-electron chi connectivity index (χ2n) is 4.73. The molecule has 2 aromatic heterocycles. The van der Waals surface area contributed by atoms with Crippen molar-refractivity contribution in [3.8, 4) is 11.4 Å². The number of piperidine rings is 1. The number of aromatic nitrogens is 4. The van der Waals surface area contributed by atoms with E-state index >= 15 is 0 Å². The van der Waals surface area contributed by atoms with Crippen LogP contribution >= 0.6 is 0 Å². The van der Waals surface area contributed by atoms with E-state index in [1.165, 1.54) is 6.42 Å². The van der Waals surface area contributed by atoms with Crippen molar-refractivity contribution in [2.24, 2.45) is 0 Å². The van der Waals surface area contributed by atoms with Gasteiger partial charge in [-0.3, -0.25) is 0 Å². The van der Waals surface area contributed by atoms with Crippen LogP contribution in [0.15, 0.2) is 17.0 Å². The minimum atomic E-state index is 0.398. The number of rotatable bonds is 3. The fourth-order valence-electron chi connectivity index (χ4n) is 2.43. The third-order valence-corrected chi connectivity index (χ3v) is 3.44. The molecule has 19 heavy (non-hydrogen) atoms. The molecule has 1 unspecified atom stereocenters. The molecule has 0 saturated carbocycles. The molecule has 0 bridgehead atoms. The zero-order valence-corrected chi connectivity index (χ0v) is 11.0. The molecule has 1 aliphatic heterocycles. The molecule has 1 N–H and O–H groups in total. The van der Waals surface area contributed by atoms with E-state index in [-0.39, 0.29) is 0 Å². The lowest BCUT2D eigenvalue weighted by molar-refractivity contribution is 0.382. The summed E-state index contributed by atoms with van der Waals surface area (Å²) in [5.41, 5.74) is 1.91. The Morgan fingerprint density at radius 3 is 3.16 bits per heavy atom. The quantitative estimate of drug-likeness (QED) is 0.901. The highest BCUT2D eigenvalue weighted by Crippen LogP contribution is 2.28. The molecule has 6 heteroatoms. The van der Waals surface area contributed by atoms with E-state index in [4.69, 9.17) is 4.52 Å². The van der Waals surface area contributed by atoms with E-state index in [9.17, 15) is 0 Å². The number of aryl methyl sites for hydroxylation is 1. The normalized spacial score (nSPS) is 19.5. The molecule has 1 fully saturated rings. The lowest BCUT2D eigenvalue weighted by Gasteiger charge is -2.23. The van der Waals surface area contributed by atoms with Gasteiger partial charge in [-0.15, -0.1) is 0 Å². The summed E-state index contributed by atoms with van der Waals surface area (Å²) < 4.78 is 5.18. The lowest BCUT2D eigenvalue weighted by Crippen LogP contribution is -2.29. The van der Waals surface area contributed by atoms with Gasteiger partial charge in [0.15, 0.2) is 0 Å². The van der Waals surface area contributed by atoms with Crippen molar-refractivity contribution in [2.75, 3.05) is 13.1 Å². The average molecular weight is 259 g/mol. The van der Waals surface area contributed by atoms with Crippen molar-refractivity contribution in [2.45, 2.75) is 32.1 Å². The van der Waals surface area contributed by atoms with Gasteiger partial charge < -0.3 is 9.84 Å². The standard InChI is InChI=1S/C13H17N5O/c1-2-11-17-13(18-19-11)10-7-15-8-16-12(10)9-4-3-5-14-6-9/h7-9,14H,2-6H2,1H3. The van der Waals surface area contributed by atoms with Crippen LogP contribution in [-0.4, -0.2) is 33.2 Å². The summed E-state index contributed by atoms with van der Waals surface area (Å²) in [6.07, 6.45) is 6.41. The maximum Gasteiger partial charge on any atom is 0.226 e. The molecule has 0 amide bonds. The second-order valence-corrected chi connectivity index (χ2v) is 4.73. The predicted molar refractivity (Wildman–Crippen MR) is 69.5 cm³/mol. The molecular formula is C13H17N5O. The molecule has 3 rings (SSSR count). The van der Waals surface area contributed by atoms with E-state index in [0.717, 1.165) is 37.2 Å². The van der Waals surface area contributed by atoms with Crippen LogP contribution in [0.4, 0.5) is 0 Å². The summed E-state index contributed by atoms with van der Waals surface area (Å²) in [4.78, 5) is 12.9.